The van der Waals surface area contributed by atoms with Crippen LogP contribution in [0.25, 0.3) is 17.3 Å². The molecule has 1 heterocycles. The van der Waals surface area contributed by atoms with E-state index < -0.39 is 7.12 Å². The predicted molar refractivity (Wildman–Crippen MR) is 97.3 cm³/mol. The smallest absolute Gasteiger partial charge is 0.423 e. The van der Waals surface area contributed by atoms with Gasteiger partial charge in [-0.2, -0.15) is 0 Å². The molecule has 130 valence electrons. The van der Waals surface area contributed by atoms with Gasteiger partial charge in [-0.3, -0.25) is 4.79 Å². The molecule has 4 N–H and O–H groups in total. The second-order valence-corrected chi connectivity index (χ2v) is 5.75. The zero-order valence-electron chi connectivity index (χ0n) is 14.4. The quantitative estimate of drug-likeness (QED) is 0.497. The first-order chi connectivity index (χ1) is 11.8. The number of H-pyrrole nitrogens is 1. The number of nitrogens with one attached hydrogen (secondary N) is 2. The highest BCUT2D eigenvalue weighted by molar-refractivity contribution is 6.53. The number of aryl methyl sites for hydroxylation is 1. The number of aromatic nitrogens is 1. The van der Waals surface area contributed by atoms with Crippen molar-refractivity contribution in [3.8, 4) is 11.3 Å². The summed E-state index contributed by atoms with van der Waals surface area (Å²) >= 11 is 0. The predicted octanol–water partition coefficient (Wildman–Crippen LogP) is 2.46. The molecule has 0 saturated heterocycles. The van der Waals surface area contributed by atoms with Gasteiger partial charge in [-0.15, -0.1) is 0 Å². The van der Waals surface area contributed by atoms with E-state index in [1.165, 1.54) is 25.3 Å². The number of halogens is 1. The fraction of sp³-hybridized carbons (Fsp3) is 0.167. The third kappa shape index (κ3) is 3.89. The Balaban J connectivity index is 2.73. The lowest BCUT2D eigenvalue weighted by Gasteiger charge is -2.08. The van der Waals surface area contributed by atoms with E-state index in [1.807, 2.05) is 0 Å². The van der Waals surface area contributed by atoms with Gasteiger partial charge in [0.25, 0.3) is 5.91 Å². The van der Waals surface area contributed by atoms with Gasteiger partial charge < -0.3 is 20.3 Å². The lowest BCUT2D eigenvalue weighted by molar-refractivity contribution is 0.0963. The monoisotopic (exact) mass is 342 g/mol. The number of carbonyl (C=O) groups excluding carboxylic acids is 1. The van der Waals surface area contributed by atoms with E-state index in [-0.39, 0.29) is 17.2 Å². The second kappa shape index (κ2) is 7.50. The Bertz CT molecular complexity index is 839. The van der Waals surface area contributed by atoms with Gasteiger partial charge in [0, 0.05) is 18.3 Å². The lowest BCUT2D eigenvalue weighted by Crippen LogP contribution is -2.20. The summed E-state index contributed by atoms with van der Waals surface area (Å²) < 4.78 is 13.2. The van der Waals surface area contributed by atoms with Crippen LogP contribution in [0.15, 0.2) is 41.9 Å². The molecule has 0 fully saturated rings. The molecule has 1 aromatic heterocycles. The van der Waals surface area contributed by atoms with Crippen molar-refractivity contribution in [2.24, 2.45) is 0 Å². The molecule has 0 radical (unpaired) electrons. The maximum absolute atomic E-state index is 13.2. The van der Waals surface area contributed by atoms with Crippen LogP contribution in [0.1, 0.15) is 28.5 Å². The van der Waals surface area contributed by atoms with Crippen molar-refractivity contribution in [1.82, 2.24) is 10.3 Å². The minimum absolute atomic E-state index is 0.206. The van der Waals surface area contributed by atoms with Crippen LogP contribution in [-0.4, -0.2) is 35.1 Å². The largest absolute Gasteiger partial charge is 0.488 e. The molecule has 0 aliphatic rings. The molecule has 0 unspecified atom stereocenters. The summed E-state index contributed by atoms with van der Waals surface area (Å²) in [5.41, 5.74) is 3.37. The Kier molecular flexibility index (Phi) is 5.61. The number of allylic oxidation sites excluding steroid dienone is 2. The average Bonchev–Trinajstić information content (AvgIpc) is 2.88. The summed E-state index contributed by atoms with van der Waals surface area (Å²) in [5, 5.41) is 21.7. The molecule has 7 heteroatoms. The van der Waals surface area contributed by atoms with Crippen molar-refractivity contribution in [1.29, 1.82) is 0 Å². The summed E-state index contributed by atoms with van der Waals surface area (Å²) in [6.45, 7) is 7.15. The van der Waals surface area contributed by atoms with Crippen LogP contribution in [0.3, 0.4) is 0 Å². The zero-order chi connectivity index (χ0) is 18.7. The topological polar surface area (TPSA) is 85.4 Å². The van der Waals surface area contributed by atoms with Crippen molar-refractivity contribution < 1.29 is 19.2 Å². The molecule has 2 rings (SSSR count). The number of hydrogen-bond donors (Lipinski definition) is 4. The number of rotatable bonds is 5. The van der Waals surface area contributed by atoms with E-state index in [2.05, 4.69) is 16.9 Å². The van der Waals surface area contributed by atoms with Crippen LogP contribution < -0.4 is 5.32 Å². The van der Waals surface area contributed by atoms with Crippen molar-refractivity contribution in [3.63, 3.8) is 0 Å². The molecule has 0 spiro atoms. The second-order valence-electron chi connectivity index (χ2n) is 5.75. The van der Waals surface area contributed by atoms with Crippen LogP contribution in [0.2, 0.25) is 0 Å². The highest BCUT2D eigenvalue weighted by Crippen LogP contribution is 2.31. The third-order valence-corrected chi connectivity index (χ3v) is 3.89. The Morgan fingerprint density at radius 1 is 1.32 bits per heavy atom. The van der Waals surface area contributed by atoms with Gasteiger partial charge in [-0.1, -0.05) is 18.2 Å². The molecular weight excluding hydrogens is 322 g/mol. The molecule has 0 aliphatic heterocycles. The molecule has 1 amide bonds. The minimum atomic E-state index is -1.71. The lowest BCUT2D eigenvalue weighted by atomic mass is 9.74. The third-order valence-electron chi connectivity index (χ3n) is 3.89. The highest BCUT2D eigenvalue weighted by Gasteiger charge is 2.23. The molecule has 2 aromatic rings. The number of amides is 1. The maximum atomic E-state index is 13.2. The summed E-state index contributed by atoms with van der Waals surface area (Å²) in [6.07, 6.45) is 1.52. The zero-order valence-corrected chi connectivity index (χ0v) is 14.4. The Morgan fingerprint density at radius 3 is 2.40 bits per heavy atom. The van der Waals surface area contributed by atoms with Crippen molar-refractivity contribution in [2.75, 3.05) is 7.05 Å². The molecule has 0 saturated carbocycles. The fourth-order valence-corrected chi connectivity index (χ4v) is 2.59. The van der Waals surface area contributed by atoms with E-state index in [9.17, 15) is 19.2 Å². The summed E-state index contributed by atoms with van der Waals surface area (Å²) in [5.74, 6) is -0.718. The number of benzene rings is 1. The van der Waals surface area contributed by atoms with E-state index in [0.29, 0.717) is 33.7 Å². The van der Waals surface area contributed by atoms with Gasteiger partial charge in [0.1, 0.15) is 5.82 Å². The first-order valence-corrected chi connectivity index (χ1v) is 7.70. The van der Waals surface area contributed by atoms with Gasteiger partial charge in [0.15, 0.2) is 0 Å². The number of aromatic amines is 1. The summed E-state index contributed by atoms with van der Waals surface area (Å²) in [6, 6.07) is 5.76. The number of carbonyl (C=O) groups is 1. The first kappa shape index (κ1) is 18.7. The van der Waals surface area contributed by atoms with E-state index >= 15 is 0 Å². The molecule has 5 nitrogen and oxygen atoms in total. The van der Waals surface area contributed by atoms with Gasteiger partial charge >= 0.3 is 7.12 Å². The molecule has 0 aliphatic carbocycles. The number of hydrogen-bond acceptors (Lipinski definition) is 3. The van der Waals surface area contributed by atoms with Crippen LogP contribution in [0.4, 0.5) is 4.39 Å². The van der Waals surface area contributed by atoms with Crippen LogP contribution in [0.5, 0.6) is 0 Å². The molecule has 1 aromatic carbocycles. The van der Waals surface area contributed by atoms with E-state index in [1.54, 1.807) is 26.0 Å². The standard InChI is InChI=1S/C18H20BFN2O3/c1-10(2)15(19(24)25)9-14-11(3)22-17(16(14)18(23)21-4)12-5-7-13(20)8-6-12/h5-9,22,24-25H,1H2,2-4H3,(H,21,23). The van der Waals surface area contributed by atoms with Crippen LogP contribution in [0, 0.1) is 12.7 Å². The molecule has 25 heavy (non-hydrogen) atoms. The van der Waals surface area contributed by atoms with Gasteiger partial charge in [0.2, 0.25) is 0 Å². The SMILES string of the molecule is C=C(C)C(=Cc1c(C)[nH]c(-c2ccc(F)cc2)c1C(=O)NC)B(O)O. The summed E-state index contributed by atoms with van der Waals surface area (Å²) in [4.78, 5) is 15.6. The normalized spacial score (nSPS) is 11.4. The maximum Gasteiger partial charge on any atom is 0.488 e. The van der Waals surface area contributed by atoms with Crippen molar-refractivity contribution in [2.45, 2.75) is 13.8 Å². The van der Waals surface area contributed by atoms with E-state index in [0.717, 1.165) is 0 Å². The summed E-state index contributed by atoms with van der Waals surface area (Å²) in [7, 11) is -0.203. The Hall–Kier alpha value is -2.64. The minimum Gasteiger partial charge on any atom is -0.423 e. The van der Waals surface area contributed by atoms with Crippen molar-refractivity contribution >= 4 is 19.1 Å². The van der Waals surface area contributed by atoms with Gasteiger partial charge in [-0.05, 0) is 49.1 Å². The molecule has 0 bridgehead atoms. The average molecular weight is 342 g/mol. The Labute approximate surface area is 146 Å². The van der Waals surface area contributed by atoms with Crippen LogP contribution >= 0.6 is 0 Å². The fourth-order valence-electron chi connectivity index (χ4n) is 2.59. The van der Waals surface area contributed by atoms with Crippen LogP contribution in [-0.2, 0) is 0 Å². The molecule has 0 atom stereocenters. The van der Waals surface area contributed by atoms with Gasteiger partial charge in [-0.25, -0.2) is 4.39 Å². The first-order valence-electron chi connectivity index (χ1n) is 7.70. The highest BCUT2D eigenvalue weighted by atomic mass is 19.1. The Morgan fingerprint density at radius 2 is 1.92 bits per heavy atom. The van der Waals surface area contributed by atoms with Crippen molar-refractivity contribution in [3.05, 3.63) is 64.5 Å². The molecular formula is C18H20BFN2O3. The van der Waals surface area contributed by atoms with E-state index in [4.69, 9.17) is 0 Å². The van der Waals surface area contributed by atoms with Gasteiger partial charge in [0.05, 0.1) is 11.3 Å².